The molecule has 1 unspecified atom stereocenters. The van der Waals surface area contributed by atoms with Gasteiger partial charge in [0.1, 0.15) is 12.0 Å². The maximum Gasteiger partial charge on any atom is 0.305 e. The quantitative estimate of drug-likeness (QED) is 0.637. The van der Waals surface area contributed by atoms with E-state index in [0.29, 0.717) is 17.4 Å². The molecule has 1 N–H and O–H groups in total. The summed E-state index contributed by atoms with van der Waals surface area (Å²) in [6.45, 7) is 0.172. The Labute approximate surface area is 115 Å². The number of phenolic OH excluding ortho intramolecular Hbond substituents is 1. The van der Waals surface area contributed by atoms with Gasteiger partial charge in [-0.3, -0.25) is 9.59 Å². The number of hydrogen-bond acceptors (Lipinski definition) is 5. The van der Waals surface area contributed by atoms with Crippen LogP contribution in [0.15, 0.2) is 18.2 Å². The van der Waals surface area contributed by atoms with Crippen molar-refractivity contribution in [2.75, 3.05) is 7.11 Å². The van der Waals surface area contributed by atoms with Gasteiger partial charge in [0.15, 0.2) is 0 Å². The Morgan fingerprint density at radius 3 is 2.90 bits per heavy atom. The Kier molecular flexibility index (Phi) is 4.02. The van der Waals surface area contributed by atoms with Crippen molar-refractivity contribution in [2.24, 2.45) is 0 Å². The number of methoxy groups -OCH3 is 1. The topological polar surface area (TPSA) is 83.9 Å². The predicted octanol–water partition coefficient (Wildman–Crippen LogP) is 0.869. The number of nitrogens with zero attached hydrogens (tertiary/aromatic N) is 1. The number of carbonyl (C=O) groups excluding carboxylic acids is 3. The van der Waals surface area contributed by atoms with Gasteiger partial charge in [0, 0.05) is 17.5 Å². The molecule has 0 aliphatic carbocycles. The average Bonchev–Trinajstić information content (AvgIpc) is 2.79. The van der Waals surface area contributed by atoms with Crippen LogP contribution >= 0.6 is 0 Å². The molecule has 1 heterocycles. The van der Waals surface area contributed by atoms with E-state index in [-0.39, 0.29) is 31.0 Å². The normalized spacial score (nSPS) is 14.8. The van der Waals surface area contributed by atoms with Crippen LogP contribution in [0.25, 0.3) is 0 Å². The van der Waals surface area contributed by atoms with Crippen LogP contribution in [0.2, 0.25) is 0 Å². The summed E-state index contributed by atoms with van der Waals surface area (Å²) < 4.78 is 4.52. The Balaban J connectivity index is 2.14. The molecule has 0 radical (unpaired) electrons. The fraction of sp³-hybridized carbons (Fsp3) is 0.357. The van der Waals surface area contributed by atoms with E-state index in [9.17, 15) is 19.5 Å². The maximum atomic E-state index is 12.2. The zero-order valence-electron chi connectivity index (χ0n) is 11.0. The van der Waals surface area contributed by atoms with Crippen molar-refractivity contribution < 1.29 is 24.2 Å². The largest absolute Gasteiger partial charge is 0.508 e. The minimum Gasteiger partial charge on any atom is -0.508 e. The number of rotatable bonds is 5. The molecule has 0 saturated carbocycles. The predicted molar refractivity (Wildman–Crippen MR) is 69.1 cm³/mol. The van der Waals surface area contributed by atoms with Crippen LogP contribution in [-0.2, 0) is 20.9 Å². The number of fused-ring (bicyclic) bond motifs is 1. The highest BCUT2D eigenvalue weighted by atomic mass is 16.5. The first kappa shape index (κ1) is 14.0. The number of phenols is 1. The van der Waals surface area contributed by atoms with Crippen molar-refractivity contribution in [3.63, 3.8) is 0 Å². The molecule has 1 atom stereocenters. The van der Waals surface area contributed by atoms with Crippen molar-refractivity contribution in [1.82, 2.24) is 4.90 Å². The highest BCUT2D eigenvalue weighted by Gasteiger charge is 2.34. The third-order valence-corrected chi connectivity index (χ3v) is 3.40. The standard InChI is InChI=1S/C14H15NO5/c1-20-13(18)6-5-9(8-16)15-7-11-10(14(15)19)3-2-4-12(11)17/h2-4,8-9,17H,5-7H2,1H3. The maximum absolute atomic E-state index is 12.2. The van der Waals surface area contributed by atoms with Gasteiger partial charge in [-0.25, -0.2) is 0 Å². The molecule has 2 rings (SSSR count). The highest BCUT2D eigenvalue weighted by molar-refractivity contribution is 6.00. The average molecular weight is 277 g/mol. The molecule has 0 bridgehead atoms. The smallest absolute Gasteiger partial charge is 0.305 e. The third kappa shape index (κ3) is 2.49. The number of aldehydes is 1. The van der Waals surface area contributed by atoms with E-state index in [1.807, 2.05) is 0 Å². The van der Waals surface area contributed by atoms with E-state index in [1.54, 1.807) is 12.1 Å². The zero-order valence-corrected chi connectivity index (χ0v) is 11.0. The van der Waals surface area contributed by atoms with E-state index in [4.69, 9.17) is 0 Å². The molecule has 6 nitrogen and oxygen atoms in total. The molecule has 1 aromatic carbocycles. The number of aromatic hydroxyl groups is 1. The van der Waals surface area contributed by atoms with Gasteiger partial charge in [-0.2, -0.15) is 0 Å². The summed E-state index contributed by atoms with van der Waals surface area (Å²) in [7, 11) is 1.27. The van der Waals surface area contributed by atoms with Crippen LogP contribution in [0.3, 0.4) is 0 Å². The molecule has 20 heavy (non-hydrogen) atoms. The van der Waals surface area contributed by atoms with Gasteiger partial charge < -0.3 is 19.5 Å². The van der Waals surface area contributed by atoms with Crippen LogP contribution in [-0.4, -0.2) is 41.3 Å². The lowest BCUT2D eigenvalue weighted by atomic mass is 10.1. The minimum absolute atomic E-state index is 0.0379. The summed E-state index contributed by atoms with van der Waals surface area (Å²) in [5.41, 5.74) is 0.914. The molecule has 6 heteroatoms. The van der Waals surface area contributed by atoms with E-state index in [2.05, 4.69) is 4.74 Å². The SMILES string of the molecule is COC(=O)CCC(C=O)N1Cc2c(O)cccc2C1=O. The van der Waals surface area contributed by atoms with Crippen LogP contribution in [0.5, 0.6) is 5.75 Å². The van der Waals surface area contributed by atoms with Gasteiger partial charge in [0.05, 0.1) is 19.7 Å². The van der Waals surface area contributed by atoms with E-state index >= 15 is 0 Å². The first-order valence-electron chi connectivity index (χ1n) is 6.22. The lowest BCUT2D eigenvalue weighted by Gasteiger charge is -2.22. The summed E-state index contributed by atoms with van der Waals surface area (Å²) in [6.07, 6.45) is 0.909. The number of carbonyl (C=O) groups is 3. The van der Waals surface area contributed by atoms with Crippen LogP contribution in [0, 0.1) is 0 Å². The van der Waals surface area contributed by atoms with Gasteiger partial charge in [0.25, 0.3) is 5.91 Å². The Morgan fingerprint density at radius 1 is 1.55 bits per heavy atom. The molecule has 106 valence electrons. The summed E-state index contributed by atoms with van der Waals surface area (Å²) in [4.78, 5) is 35.9. The summed E-state index contributed by atoms with van der Waals surface area (Å²) in [6, 6.07) is 3.99. The minimum atomic E-state index is -0.701. The molecule has 1 amide bonds. The van der Waals surface area contributed by atoms with Crippen molar-refractivity contribution in [3.8, 4) is 5.75 Å². The van der Waals surface area contributed by atoms with E-state index < -0.39 is 12.0 Å². The summed E-state index contributed by atoms with van der Waals surface area (Å²) in [5, 5.41) is 9.74. The van der Waals surface area contributed by atoms with Gasteiger partial charge in [-0.05, 0) is 18.6 Å². The number of benzene rings is 1. The molecule has 0 spiro atoms. The first-order chi connectivity index (χ1) is 9.58. The molecule has 0 saturated heterocycles. The van der Waals surface area contributed by atoms with Gasteiger partial charge in [0.2, 0.25) is 0 Å². The van der Waals surface area contributed by atoms with Crippen LogP contribution in [0.4, 0.5) is 0 Å². The number of amides is 1. The monoisotopic (exact) mass is 277 g/mol. The number of ether oxygens (including phenoxy) is 1. The Bertz CT molecular complexity index is 554. The second kappa shape index (κ2) is 5.73. The van der Waals surface area contributed by atoms with Crippen LogP contribution in [0.1, 0.15) is 28.8 Å². The summed E-state index contributed by atoms with van der Waals surface area (Å²) in [5.74, 6) is -0.697. The Morgan fingerprint density at radius 2 is 2.30 bits per heavy atom. The van der Waals surface area contributed by atoms with Crippen molar-refractivity contribution >= 4 is 18.2 Å². The van der Waals surface area contributed by atoms with E-state index in [0.717, 1.165) is 0 Å². The molecule has 1 aliphatic heterocycles. The van der Waals surface area contributed by atoms with Crippen molar-refractivity contribution in [2.45, 2.75) is 25.4 Å². The third-order valence-electron chi connectivity index (χ3n) is 3.40. The Hall–Kier alpha value is -2.37. The zero-order chi connectivity index (χ0) is 14.7. The molecule has 0 aromatic heterocycles. The molecule has 0 fully saturated rings. The summed E-state index contributed by atoms with van der Waals surface area (Å²) >= 11 is 0. The van der Waals surface area contributed by atoms with Crippen molar-refractivity contribution in [3.05, 3.63) is 29.3 Å². The highest BCUT2D eigenvalue weighted by Crippen LogP contribution is 2.31. The second-order valence-electron chi connectivity index (χ2n) is 4.55. The molecule has 1 aromatic rings. The number of hydrogen-bond donors (Lipinski definition) is 1. The fourth-order valence-corrected chi connectivity index (χ4v) is 2.27. The van der Waals surface area contributed by atoms with Crippen LogP contribution < -0.4 is 0 Å². The molecular weight excluding hydrogens is 262 g/mol. The lowest BCUT2D eigenvalue weighted by molar-refractivity contribution is -0.141. The van der Waals surface area contributed by atoms with Crippen molar-refractivity contribution in [1.29, 1.82) is 0 Å². The lowest BCUT2D eigenvalue weighted by Crippen LogP contribution is -2.37. The fourth-order valence-electron chi connectivity index (χ4n) is 2.27. The van der Waals surface area contributed by atoms with Gasteiger partial charge in [-0.15, -0.1) is 0 Å². The first-order valence-corrected chi connectivity index (χ1v) is 6.22. The van der Waals surface area contributed by atoms with Gasteiger partial charge >= 0.3 is 5.97 Å². The van der Waals surface area contributed by atoms with Gasteiger partial charge in [-0.1, -0.05) is 6.07 Å². The second-order valence-corrected chi connectivity index (χ2v) is 4.55. The molecule has 1 aliphatic rings. The molecular formula is C14H15NO5. The number of esters is 1. The van der Waals surface area contributed by atoms with E-state index in [1.165, 1.54) is 18.1 Å².